The molecule has 6 heteroatoms. The van der Waals surface area contributed by atoms with Gasteiger partial charge in [-0.25, -0.2) is 4.98 Å². The van der Waals surface area contributed by atoms with Crippen LogP contribution in [0.15, 0.2) is 5.38 Å². The molecular formula is C13H23N3O2S. The number of nitrogens with one attached hydrogen (secondary N) is 1. The molecular weight excluding hydrogens is 262 g/mol. The van der Waals surface area contributed by atoms with Gasteiger partial charge in [-0.1, -0.05) is 13.8 Å². The van der Waals surface area contributed by atoms with Crippen LogP contribution < -0.4 is 11.1 Å². The summed E-state index contributed by atoms with van der Waals surface area (Å²) in [5, 5.41) is 14.9. The molecule has 1 rings (SSSR count). The molecule has 0 spiro atoms. The fraction of sp³-hybridized carbons (Fsp3) is 0.692. The van der Waals surface area contributed by atoms with Crippen LogP contribution in [0.4, 0.5) is 0 Å². The molecule has 1 aromatic heterocycles. The maximum absolute atomic E-state index is 11.8. The highest BCUT2D eigenvalue weighted by molar-refractivity contribution is 7.09. The quantitative estimate of drug-likeness (QED) is 0.656. The highest BCUT2D eigenvalue weighted by atomic mass is 32.1. The summed E-state index contributed by atoms with van der Waals surface area (Å²) in [5.74, 6) is -0.0581. The molecule has 0 bridgehead atoms. The van der Waals surface area contributed by atoms with Gasteiger partial charge in [-0.2, -0.15) is 0 Å². The lowest BCUT2D eigenvalue weighted by Crippen LogP contribution is -2.36. The van der Waals surface area contributed by atoms with Gasteiger partial charge >= 0.3 is 0 Å². The fourth-order valence-electron chi connectivity index (χ4n) is 1.42. The lowest BCUT2D eigenvalue weighted by molar-refractivity contribution is -0.121. The molecule has 0 atom stereocenters. The number of rotatable bonds is 8. The normalized spacial score (nSPS) is 11.6. The van der Waals surface area contributed by atoms with Crippen LogP contribution in [0.2, 0.25) is 0 Å². The Morgan fingerprint density at radius 2 is 2.32 bits per heavy atom. The van der Waals surface area contributed by atoms with Gasteiger partial charge in [0.25, 0.3) is 0 Å². The minimum atomic E-state index is -0.288. The van der Waals surface area contributed by atoms with Gasteiger partial charge in [0.15, 0.2) is 0 Å². The van der Waals surface area contributed by atoms with Gasteiger partial charge in [-0.3, -0.25) is 4.79 Å². The van der Waals surface area contributed by atoms with E-state index >= 15 is 0 Å². The predicted molar refractivity (Wildman–Crippen MR) is 77.1 cm³/mol. The fourth-order valence-corrected chi connectivity index (χ4v) is 2.26. The second kappa shape index (κ2) is 7.57. The van der Waals surface area contributed by atoms with Crippen molar-refractivity contribution in [3.05, 3.63) is 16.1 Å². The largest absolute Gasteiger partial charge is 0.396 e. The Morgan fingerprint density at radius 3 is 2.95 bits per heavy atom. The number of hydrogen-bond donors (Lipinski definition) is 3. The van der Waals surface area contributed by atoms with Crippen LogP contribution in [0.5, 0.6) is 0 Å². The minimum absolute atomic E-state index is 0.0488. The number of amides is 1. The lowest BCUT2D eigenvalue weighted by Gasteiger charge is -2.21. The average Bonchev–Trinajstić information content (AvgIpc) is 2.82. The van der Waals surface area contributed by atoms with E-state index in [1.807, 2.05) is 19.2 Å². The maximum Gasteiger partial charge on any atom is 0.226 e. The number of nitrogens with zero attached hydrogens (tertiary/aromatic N) is 1. The van der Waals surface area contributed by atoms with E-state index in [1.54, 1.807) is 11.3 Å². The van der Waals surface area contributed by atoms with E-state index in [0.29, 0.717) is 19.5 Å². The van der Waals surface area contributed by atoms with E-state index in [0.717, 1.165) is 23.5 Å². The highest BCUT2D eigenvalue weighted by Gasteiger charge is 2.17. The first-order chi connectivity index (χ1) is 8.96. The summed E-state index contributed by atoms with van der Waals surface area (Å²) in [6, 6.07) is 0. The summed E-state index contributed by atoms with van der Waals surface area (Å²) < 4.78 is 0. The van der Waals surface area contributed by atoms with Crippen LogP contribution in [0, 0.1) is 5.41 Å². The van der Waals surface area contributed by atoms with Gasteiger partial charge in [0.2, 0.25) is 5.91 Å². The second-order valence-corrected chi connectivity index (χ2v) is 6.34. The predicted octanol–water partition coefficient (Wildman–Crippen LogP) is 0.712. The van der Waals surface area contributed by atoms with Crippen molar-refractivity contribution in [1.29, 1.82) is 0 Å². The number of thiazole rings is 1. The molecule has 0 aromatic carbocycles. The van der Waals surface area contributed by atoms with Crippen LogP contribution >= 0.6 is 11.3 Å². The molecule has 0 saturated carbocycles. The van der Waals surface area contributed by atoms with Crippen molar-refractivity contribution in [2.75, 3.05) is 19.7 Å². The van der Waals surface area contributed by atoms with Crippen LogP contribution in [0.25, 0.3) is 0 Å². The molecule has 108 valence electrons. The molecule has 1 heterocycles. The number of aryl methyl sites for hydroxylation is 1. The third-order valence-corrected chi connectivity index (χ3v) is 3.69. The first-order valence-electron chi connectivity index (χ1n) is 6.48. The van der Waals surface area contributed by atoms with Gasteiger partial charge in [0.05, 0.1) is 17.1 Å². The van der Waals surface area contributed by atoms with Crippen molar-refractivity contribution in [2.24, 2.45) is 11.1 Å². The summed E-state index contributed by atoms with van der Waals surface area (Å²) in [5.41, 5.74) is 5.96. The zero-order valence-corrected chi connectivity index (χ0v) is 12.4. The van der Waals surface area contributed by atoms with E-state index in [-0.39, 0.29) is 17.9 Å². The lowest BCUT2D eigenvalue weighted by atomic mass is 9.95. The van der Waals surface area contributed by atoms with Crippen LogP contribution in [-0.4, -0.2) is 35.7 Å². The summed E-state index contributed by atoms with van der Waals surface area (Å²) in [6.45, 7) is 4.98. The highest BCUT2D eigenvalue weighted by Crippen LogP contribution is 2.13. The Kier molecular flexibility index (Phi) is 6.41. The minimum Gasteiger partial charge on any atom is -0.396 e. The Hall–Kier alpha value is -0.980. The Labute approximate surface area is 118 Å². The molecule has 1 aromatic rings. The zero-order valence-electron chi connectivity index (χ0n) is 11.6. The zero-order chi connectivity index (χ0) is 14.3. The van der Waals surface area contributed by atoms with E-state index in [2.05, 4.69) is 10.3 Å². The second-order valence-electron chi connectivity index (χ2n) is 5.40. The average molecular weight is 285 g/mol. The number of hydrogen-bond acceptors (Lipinski definition) is 5. The molecule has 0 aliphatic carbocycles. The first-order valence-corrected chi connectivity index (χ1v) is 7.36. The molecule has 1 amide bonds. The number of aromatic nitrogens is 1. The topological polar surface area (TPSA) is 88.2 Å². The molecule has 0 aliphatic rings. The molecule has 4 N–H and O–H groups in total. The van der Waals surface area contributed by atoms with E-state index < -0.39 is 0 Å². The summed E-state index contributed by atoms with van der Waals surface area (Å²) >= 11 is 1.57. The first kappa shape index (κ1) is 16.1. The molecule has 0 fully saturated rings. The monoisotopic (exact) mass is 285 g/mol. The Balaban J connectivity index is 2.38. The van der Waals surface area contributed by atoms with Gasteiger partial charge in [-0.15, -0.1) is 11.3 Å². The van der Waals surface area contributed by atoms with Crippen LogP contribution in [0.1, 0.15) is 31.0 Å². The Morgan fingerprint density at radius 1 is 1.58 bits per heavy atom. The van der Waals surface area contributed by atoms with Gasteiger partial charge in [-0.05, 0) is 13.0 Å². The molecule has 5 nitrogen and oxygen atoms in total. The van der Waals surface area contributed by atoms with E-state index in [4.69, 9.17) is 10.8 Å². The number of nitrogens with two attached hydrogens (primary N) is 1. The summed E-state index contributed by atoms with van der Waals surface area (Å²) in [4.78, 5) is 16.2. The van der Waals surface area contributed by atoms with Crippen molar-refractivity contribution in [1.82, 2.24) is 10.3 Å². The Bertz CT molecular complexity index is 404. The number of carbonyl (C=O) groups excluding carboxylic acids is 1. The smallest absolute Gasteiger partial charge is 0.226 e. The van der Waals surface area contributed by atoms with Crippen molar-refractivity contribution in [2.45, 2.75) is 33.1 Å². The van der Waals surface area contributed by atoms with Gasteiger partial charge < -0.3 is 16.2 Å². The van der Waals surface area contributed by atoms with Crippen molar-refractivity contribution in [3.8, 4) is 0 Å². The SMILES string of the molecule is CC(C)(CO)CNC(=O)Cc1csc(CCCN)n1. The van der Waals surface area contributed by atoms with Crippen molar-refractivity contribution >= 4 is 17.2 Å². The molecule has 19 heavy (non-hydrogen) atoms. The van der Waals surface area contributed by atoms with Gasteiger partial charge in [0, 0.05) is 30.4 Å². The number of carbonyl (C=O) groups is 1. The van der Waals surface area contributed by atoms with Crippen molar-refractivity contribution < 1.29 is 9.90 Å². The standard InChI is InChI=1S/C13H23N3O2S/c1-13(2,9-17)8-15-11(18)6-10-7-19-12(16-10)4-3-5-14/h7,17H,3-6,8-9,14H2,1-2H3,(H,15,18). The van der Waals surface area contributed by atoms with E-state index in [1.165, 1.54) is 0 Å². The maximum atomic E-state index is 11.8. The molecule has 0 saturated heterocycles. The van der Waals surface area contributed by atoms with Crippen molar-refractivity contribution in [3.63, 3.8) is 0 Å². The van der Waals surface area contributed by atoms with Gasteiger partial charge in [0.1, 0.15) is 0 Å². The molecule has 0 unspecified atom stereocenters. The van der Waals surface area contributed by atoms with E-state index in [9.17, 15) is 4.79 Å². The van der Waals surface area contributed by atoms with Crippen LogP contribution in [0.3, 0.4) is 0 Å². The summed E-state index contributed by atoms with van der Waals surface area (Å²) in [6.07, 6.45) is 2.09. The number of aliphatic hydroxyl groups excluding tert-OH is 1. The third-order valence-electron chi connectivity index (χ3n) is 2.73. The third kappa shape index (κ3) is 6.13. The molecule has 0 aliphatic heterocycles. The molecule has 0 radical (unpaired) electrons. The summed E-state index contributed by atoms with van der Waals surface area (Å²) in [7, 11) is 0. The van der Waals surface area contributed by atoms with Crippen LogP contribution in [-0.2, 0) is 17.6 Å². The number of aliphatic hydroxyl groups is 1.